The molecule has 3 rings (SSSR count). The molecular weight excluding hydrogens is 410 g/mol. The first-order valence-corrected chi connectivity index (χ1v) is 9.20. The lowest BCUT2D eigenvalue weighted by Crippen LogP contribution is -2.24. The number of halogens is 1. The van der Waals surface area contributed by atoms with Crippen LogP contribution >= 0.6 is 15.9 Å². The van der Waals surface area contributed by atoms with E-state index in [4.69, 9.17) is 4.74 Å². The molecular formula is C21H18BrNO4. The van der Waals surface area contributed by atoms with E-state index in [1.165, 1.54) is 11.0 Å². The Morgan fingerprint density at radius 2 is 1.93 bits per heavy atom. The number of phenols is 1. The molecule has 1 aliphatic rings. The van der Waals surface area contributed by atoms with Gasteiger partial charge in [0.25, 0.3) is 5.91 Å². The number of rotatable bonds is 4. The number of hydrogen-bond acceptors (Lipinski definition) is 4. The van der Waals surface area contributed by atoms with Crippen molar-refractivity contribution in [2.45, 2.75) is 13.8 Å². The minimum absolute atomic E-state index is 0.0814. The highest BCUT2D eigenvalue weighted by Gasteiger charge is 2.38. The van der Waals surface area contributed by atoms with Gasteiger partial charge >= 0.3 is 5.97 Å². The largest absolute Gasteiger partial charge is 0.508 e. The number of carbonyl (C=O) groups excluding carboxylic acids is 2. The van der Waals surface area contributed by atoms with Crippen molar-refractivity contribution < 1.29 is 19.4 Å². The molecule has 0 fully saturated rings. The van der Waals surface area contributed by atoms with Crippen molar-refractivity contribution in [1.82, 2.24) is 0 Å². The van der Waals surface area contributed by atoms with Gasteiger partial charge in [0.05, 0.1) is 17.8 Å². The number of allylic oxidation sites excluding steroid dienone is 1. The molecule has 0 saturated heterocycles. The average Bonchev–Trinajstić information content (AvgIpc) is 2.86. The molecule has 0 radical (unpaired) electrons. The van der Waals surface area contributed by atoms with Gasteiger partial charge in [-0.25, -0.2) is 4.79 Å². The summed E-state index contributed by atoms with van der Waals surface area (Å²) in [6.45, 7) is 3.65. The average molecular weight is 428 g/mol. The maximum Gasteiger partial charge on any atom is 0.340 e. The summed E-state index contributed by atoms with van der Waals surface area (Å²) in [5.41, 5.74) is 2.24. The highest BCUT2D eigenvalue weighted by molar-refractivity contribution is 9.10. The normalized spacial score (nSPS) is 15.6. The number of nitrogens with zero attached hydrogens (tertiary/aromatic N) is 1. The number of benzene rings is 2. The van der Waals surface area contributed by atoms with Crippen LogP contribution in [0.25, 0.3) is 6.08 Å². The quantitative estimate of drug-likeness (QED) is 0.579. The second-order valence-corrected chi connectivity index (χ2v) is 6.87. The molecule has 6 heteroatoms. The van der Waals surface area contributed by atoms with Gasteiger partial charge in [-0.1, -0.05) is 28.1 Å². The lowest BCUT2D eigenvalue weighted by Gasteiger charge is -2.18. The Kier molecular flexibility index (Phi) is 5.46. The van der Waals surface area contributed by atoms with E-state index in [0.29, 0.717) is 16.9 Å². The SMILES string of the molecule is CCOC(=O)C1=C(C)N(c2ccc(Br)cc2)C(=O)C1=Cc1cccc(O)c1. The standard InChI is InChI=1S/C21H18BrNO4/c1-3-27-21(26)19-13(2)23(16-9-7-15(22)8-10-16)20(25)18(19)12-14-5-4-6-17(24)11-14/h4-12,24H,3H2,1-2H3. The van der Waals surface area contributed by atoms with E-state index in [-0.39, 0.29) is 29.4 Å². The maximum absolute atomic E-state index is 13.1. The fraction of sp³-hybridized carbons (Fsp3) is 0.143. The van der Waals surface area contributed by atoms with Gasteiger partial charge in [0.2, 0.25) is 0 Å². The first kappa shape index (κ1) is 18.9. The Morgan fingerprint density at radius 3 is 2.56 bits per heavy atom. The maximum atomic E-state index is 13.1. The van der Waals surface area contributed by atoms with E-state index >= 15 is 0 Å². The Balaban J connectivity index is 2.12. The molecule has 0 spiro atoms. The van der Waals surface area contributed by atoms with Gasteiger partial charge in [-0.15, -0.1) is 0 Å². The molecule has 2 aromatic rings. The molecule has 1 amide bonds. The zero-order valence-corrected chi connectivity index (χ0v) is 16.5. The Bertz CT molecular complexity index is 960. The van der Waals surface area contributed by atoms with Crippen molar-refractivity contribution in [2.75, 3.05) is 11.5 Å². The zero-order valence-electron chi connectivity index (χ0n) is 14.9. The fourth-order valence-electron chi connectivity index (χ4n) is 2.96. The van der Waals surface area contributed by atoms with Crippen LogP contribution < -0.4 is 4.90 Å². The first-order valence-electron chi connectivity index (χ1n) is 8.41. The van der Waals surface area contributed by atoms with Gasteiger partial charge in [-0.3, -0.25) is 9.69 Å². The van der Waals surface area contributed by atoms with E-state index in [9.17, 15) is 14.7 Å². The van der Waals surface area contributed by atoms with Gasteiger partial charge < -0.3 is 9.84 Å². The number of amides is 1. The van der Waals surface area contributed by atoms with Crippen LogP contribution in [-0.2, 0) is 14.3 Å². The van der Waals surface area contributed by atoms with Gasteiger partial charge in [-0.05, 0) is 61.9 Å². The van der Waals surface area contributed by atoms with Crippen LogP contribution in [-0.4, -0.2) is 23.6 Å². The Hall–Kier alpha value is -2.86. The van der Waals surface area contributed by atoms with Gasteiger partial charge in [-0.2, -0.15) is 0 Å². The molecule has 2 aromatic carbocycles. The van der Waals surface area contributed by atoms with Crippen molar-refractivity contribution in [2.24, 2.45) is 0 Å². The summed E-state index contributed by atoms with van der Waals surface area (Å²) in [5.74, 6) is -0.784. The lowest BCUT2D eigenvalue weighted by molar-refractivity contribution is -0.138. The third kappa shape index (κ3) is 3.80. The van der Waals surface area contributed by atoms with E-state index < -0.39 is 5.97 Å². The molecule has 0 saturated carbocycles. The number of hydrogen-bond donors (Lipinski definition) is 1. The highest BCUT2D eigenvalue weighted by atomic mass is 79.9. The van der Waals surface area contributed by atoms with E-state index in [2.05, 4.69) is 15.9 Å². The molecule has 0 aliphatic carbocycles. The summed E-state index contributed by atoms with van der Waals surface area (Å²) < 4.78 is 6.06. The number of carbonyl (C=O) groups is 2. The van der Waals surface area contributed by atoms with Crippen LogP contribution in [0.5, 0.6) is 5.75 Å². The summed E-state index contributed by atoms with van der Waals surface area (Å²) in [5, 5.41) is 9.69. The predicted octanol–water partition coefficient (Wildman–Crippen LogP) is 4.42. The molecule has 1 N–H and O–H groups in total. The van der Waals surface area contributed by atoms with Crippen molar-refractivity contribution in [3.8, 4) is 5.75 Å². The third-order valence-electron chi connectivity index (χ3n) is 4.15. The van der Waals surface area contributed by atoms with Crippen LogP contribution in [0.15, 0.2) is 69.8 Å². The van der Waals surface area contributed by atoms with Crippen molar-refractivity contribution in [3.63, 3.8) is 0 Å². The summed E-state index contributed by atoms with van der Waals surface area (Å²) in [7, 11) is 0. The zero-order chi connectivity index (χ0) is 19.6. The fourth-order valence-corrected chi connectivity index (χ4v) is 3.23. The Morgan fingerprint density at radius 1 is 1.22 bits per heavy atom. The van der Waals surface area contributed by atoms with Crippen LogP contribution in [0.3, 0.4) is 0 Å². The van der Waals surface area contributed by atoms with E-state index in [0.717, 1.165) is 4.47 Å². The van der Waals surface area contributed by atoms with Crippen molar-refractivity contribution in [1.29, 1.82) is 0 Å². The lowest BCUT2D eigenvalue weighted by atomic mass is 10.0. The molecule has 5 nitrogen and oxygen atoms in total. The highest BCUT2D eigenvalue weighted by Crippen LogP contribution is 2.36. The minimum atomic E-state index is -0.547. The summed E-state index contributed by atoms with van der Waals surface area (Å²) in [6, 6.07) is 13.8. The topological polar surface area (TPSA) is 66.8 Å². The molecule has 0 atom stereocenters. The van der Waals surface area contributed by atoms with Crippen LogP contribution in [0.2, 0.25) is 0 Å². The molecule has 1 aliphatic heterocycles. The monoisotopic (exact) mass is 427 g/mol. The molecule has 0 bridgehead atoms. The predicted molar refractivity (Wildman–Crippen MR) is 107 cm³/mol. The number of phenolic OH excluding ortho intramolecular Hbond substituents is 1. The number of ether oxygens (including phenoxy) is 1. The van der Waals surface area contributed by atoms with Crippen LogP contribution in [0, 0.1) is 0 Å². The number of aromatic hydroxyl groups is 1. The van der Waals surface area contributed by atoms with Crippen molar-refractivity contribution in [3.05, 3.63) is 75.4 Å². The van der Waals surface area contributed by atoms with Gasteiger partial charge in [0.15, 0.2) is 0 Å². The summed E-state index contributed by atoms with van der Waals surface area (Å²) >= 11 is 3.38. The number of esters is 1. The molecule has 0 unspecified atom stereocenters. The molecule has 1 heterocycles. The number of anilines is 1. The van der Waals surface area contributed by atoms with E-state index in [1.54, 1.807) is 50.3 Å². The minimum Gasteiger partial charge on any atom is -0.508 e. The second-order valence-electron chi connectivity index (χ2n) is 5.95. The molecule has 0 aromatic heterocycles. The van der Waals surface area contributed by atoms with Gasteiger partial charge in [0.1, 0.15) is 5.75 Å². The smallest absolute Gasteiger partial charge is 0.340 e. The first-order chi connectivity index (χ1) is 12.9. The van der Waals surface area contributed by atoms with Crippen molar-refractivity contribution >= 4 is 39.6 Å². The Labute approximate surface area is 165 Å². The third-order valence-corrected chi connectivity index (χ3v) is 4.67. The summed E-state index contributed by atoms with van der Waals surface area (Å²) in [6.07, 6.45) is 1.59. The van der Waals surface area contributed by atoms with Gasteiger partial charge in [0, 0.05) is 15.9 Å². The molecule has 138 valence electrons. The second kappa shape index (κ2) is 7.80. The molecule has 27 heavy (non-hydrogen) atoms. The van der Waals surface area contributed by atoms with Crippen LogP contribution in [0.1, 0.15) is 19.4 Å². The van der Waals surface area contributed by atoms with Crippen LogP contribution in [0.4, 0.5) is 5.69 Å². The van der Waals surface area contributed by atoms with E-state index in [1.807, 2.05) is 12.1 Å². The summed E-state index contributed by atoms with van der Waals surface area (Å²) in [4.78, 5) is 27.2.